The molecule has 0 aliphatic carbocycles. The first kappa shape index (κ1) is 37.5. The minimum Gasteiger partial charge on any atom is -0.481 e. The van der Waals surface area contributed by atoms with E-state index in [0.29, 0.717) is 38.6 Å². The third-order valence-corrected chi connectivity index (χ3v) is 3.38. The summed E-state index contributed by atoms with van der Waals surface area (Å²) in [5, 5.41) is 40.6. The van der Waals surface area contributed by atoms with Gasteiger partial charge in [-0.1, -0.05) is 13.3 Å². The quantitative estimate of drug-likeness (QED) is 0.126. The van der Waals surface area contributed by atoms with Gasteiger partial charge in [-0.05, 0) is 32.2 Å². The van der Waals surface area contributed by atoms with Gasteiger partial charge in [0, 0.05) is 13.0 Å². The number of rotatable bonds is 13. The first-order valence-corrected chi connectivity index (χ1v) is 9.96. The Bertz CT molecular complexity index is 563. The van der Waals surface area contributed by atoms with E-state index in [1.54, 1.807) is 6.92 Å². The number of carbonyl (C=O) groups is 5. The molecule has 33 heavy (non-hydrogen) atoms. The van der Waals surface area contributed by atoms with Crippen LogP contribution in [0.4, 0.5) is 0 Å². The molecule has 0 radical (unpaired) electrons. The Hall–Kier alpha value is -2.85. The maximum atomic E-state index is 10.2. The van der Waals surface area contributed by atoms with E-state index in [-0.39, 0.29) is 19.4 Å². The summed E-state index contributed by atoms with van der Waals surface area (Å²) in [5.41, 5.74) is 25.1. The lowest BCUT2D eigenvalue weighted by Gasteiger charge is -2.03. The van der Waals surface area contributed by atoms with E-state index < -0.39 is 48.0 Å². The highest BCUT2D eigenvalue weighted by molar-refractivity contribution is 5.73. The maximum Gasteiger partial charge on any atom is 0.320 e. The summed E-state index contributed by atoms with van der Waals surface area (Å²) < 4.78 is 0. The van der Waals surface area contributed by atoms with E-state index in [9.17, 15) is 24.0 Å². The molecule has 3 atom stereocenters. The third-order valence-electron chi connectivity index (χ3n) is 3.38. The molecule has 15 N–H and O–H groups in total. The van der Waals surface area contributed by atoms with Crippen molar-refractivity contribution in [1.82, 2.24) is 0 Å². The van der Waals surface area contributed by atoms with Crippen LogP contribution in [0, 0.1) is 0 Å². The van der Waals surface area contributed by atoms with Crippen LogP contribution in [0.15, 0.2) is 0 Å². The molecule has 3 unspecified atom stereocenters. The summed E-state index contributed by atoms with van der Waals surface area (Å²) in [5.74, 6) is -4.65. The Morgan fingerprint density at radius 2 is 1.00 bits per heavy atom. The zero-order chi connectivity index (χ0) is 27.0. The fourth-order valence-electron chi connectivity index (χ4n) is 1.37. The van der Waals surface area contributed by atoms with Crippen molar-refractivity contribution in [1.29, 1.82) is 0 Å². The predicted molar refractivity (Wildman–Crippen MR) is 118 cm³/mol. The highest BCUT2D eigenvalue weighted by atomic mass is 16.4. The molecule has 0 fully saturated rings. The Balaban J connectivity index is -0.000000177. The summed E-state index contributed by atoms with van der Waals surface area (Å²) in [4.78, 5) is 49.4. The van der Waals surface area contributed by atoms with Crippen molar-refractivity contribution in [2.75, 3.05) is 13.1 Å². The number of carboxylic acid groups (broad SMARTS) is 5. The van der Waals surface area contributed by atoms with Crippen LogP contribution in [0.25, 0.3) is 0 Å². The van der Waals surface area contributed by atoms with Gasteiger partial charge in [0.15, 0.2) is 0 Å². The van der Waals surface area contributed by atoms with Crippen LogP contribution in [-0.2, 0) is 24.0 Å². The number of unbranched alkanes of at least 4 members (excludes halogenated alkanes) is 1. The Kier molecular flexibility index (Phi) is 28.8. The zero-order valence-electron chi connectivity index (χ0n) is 18.8. The van der Waals surface area contributed by atoms with Crippen LogP contribution >= 0.6 is 0 Å². The molecule has 0 aliphatic rings. The normalized spacial score (nSPS) is 12.1. The highest BCUT2D eigenvalue weighted by Gasteiger charge is 2.10. The van der Waals surface area contributed by atoms with Gasteiger partial charge in [-0.15, -0.1) is 0 Å². The van der Waals surface area contributed by atoms with E-state index in [1.807, 2.05) is 0 Å². The minimum atomic E-state index is -1.04. The van der Waals surface area contributed by atoms with Gasteiger partial charge < -0.3 is 54.2 Å². The van der Waals surface area contributed by atoms with Crippen LogP contribution in [0.5, 0.6) is 0 Å². The molecule has 0 aliphatic heterocycles. The van der Waals surface area contributed by atoms with Crippen LogP contribution in [0.3, 0.4) is 0 Å². The van der Waals surface area contributed by atoms with Crippen molar-refractivity contribution in [2.24, 2.45) is 28.7 Å². The second kappa shape index (κ2) is 25.4. The Morgan fingerprint density at radius 3 is 1.18 bits per heavy atom. The molecular weight excluding hydrogens is 446 g/mol. The molecule has 0 aromatic heterocycles. The lowest BCUT2D eigenvalue weighted by atomic mass is 10.1. The molecule has 0 heterocycles. The van der Waals surface area contributed by atoms with E-state index in [4.69, 9.17) is 54.2 Å². The van der Waals surface area contributed by atoms with E-state index in [0.717, 1.165) is 0 Å². The minimum absolute atomic E-state index is 0.0694. The standard InChI is InChI=1S/C7H13NO4.C4H10N2O2.C4H9NO2.C3H7NO2/c8-5(7(11)12)3-1-2-4-6(9)10;5-2-1-3(6)4(7)8;1-2-3(5)4(6)7;4-2-1-3(5)6/h5H,1-4,8H2,(H,9,10)(H,11,12);3H,1-2,5-6H2,(H,7,8);3H,2,5H2,1H3,(H,6,7);1-2,4H2,(H,5,6). The SMILES string of the molecule is CCC(N)C(=O)O.NC(CCCCC(=O)O)C(=O)O.NCCC(=O)O.NCCC(N)C(=O)O. The molecule has 0 saturated carbocycles. The predicted octanol–water partition coefficient (Wildman–Crippen LogP) is -1.98. The van der Waals surface area contributed by atoms with E-state index >= 15 is 0 Å². The van der Waals surface area contributed by atoms with Crippen molar-refractivity contribution in [3.05, 3.63) is 0 Å². The van der Waals surface area contributed by atoms with E-state index in [2.05, 4.69) is 0 Å². The lowest BCUT2D eigenvalue weighted by molar-refractivity contribution is -0.139. The molecule has 0 aromatic carbocycles. The molecule has 0 aromatic rings. The number of carboxylic acids is 5. The van der Waals surface area contributed by atoms with Gasteiger partial charge >= 0.3 is 29.8 Å². The maximum absolute atomic E-state index is 10.2. The van der Waals surface area contributed by atoms with Gasteiger partial charge in [0.1, 0.15) is 18.1 Å². The Morgan fingerprint density at radius 1 is 0.606 bits per heavy atom. The Labute approximate surface area is 191 Å². The average Bonchev–Trinajstić information content (AvgIpc) is 2.71. The summed E-state index contributed by atoms with van der Waals surface area (Å²) in [6, 6.07) is -2.33. The van der Waals surface area contributed by atoms with Crippen LogP contribution < -0.4 is 28.7 Å². The molecule has 0 bridgehead atoms. The average molecular weight is 486 g/mol. The number of hydrogen-bond donors (Lipinski definition) is 10. The molecular formula is C18H39N5O10. The van der Waals surface area contributed by atoms with Crippen LogP contribution in [0.1, 0.15) is 51.9 Å². The lowest BCUT2D eigenvalue weighted by Crippen LogP contribution is -2.32. The first-order valence-electron chi connectivity index (χ1n) is 9.96. The van der Waals surface area contributed by atoms with Gasteiger partial charge in [-0.2, -0.15) is 0 Å². The van der Waals surface area contributed by atoms with Crippen molar-refractivity contribution in [3.63, 3.8) is 0 Å². The van der Waals surface area contributed by atoms with Crippen molar-refractivity contribution >= 4 is 29.8 Å². The van der Waals surface area contributed by atoms with Crippen molar-refractivity contribution < 1.29 is 49.5 Å². The fraction of sp³-hybridized carbons (Fsp3) is 0.722. The largest absolute Gasteiger partial charge is 0.481 e. The zero-order valence-corrected chi connectivity index (χ0v) is 18.8. The van der Waals surface area contributed by atoms with Crippen LogP contribution in [-0.4, -0.2) is 86.6 Å². The summed E-state index contributed by atoms with van der Waals surface area (Å²) in [7, 11) is 0. The molecule has 15 heteroatoms. The summed E-state index contributed by atoms with van der Waals surface area (Å²) >= 11 is 0. The highest BCUT2D eigenvalue weighted by Crippen LogP contribution is 2.02. The molecule has 15 nitrogen and oxygen atoms in total. The monoisotopic (exact) mass is 485 g/mol. The molecule has 0 rings (SSSR count). The van der Waals surface area contributed by atoms with Crippen molar-refractivity contribution in [2.45, 2.75) is 70.0 Å². The van der Waals surface area contributed by atoms with Gasteiger partial charge in [0.2, 0.25) is 0 Å². The fourth-order valence-corrected chi connectivity index (χ4v) is 1.37. The summed E-state index contributed by atoms with van der Waals surface area (Å²) in [6.07, 6.45) is 2.34. The number of nitrogens with two attached hydrogens (primary N) is 5. The molecule has 0 saturated heterocycles. The van der Waals surface area contributed by atoms with E-state index in [1.165, 1.54) is 0 Å². The second-order valence-corrected chi connectivity index (χ2v) is 6.39. The van der Waals surface area contributed by atoms with Gasteiger partial charge in [-0.3, -0.25) is 24.0 Å². The molecule has 196 valence electrons. The summed E-state index contributed by atoms with van der Waals surface area (Å²) in [6.45, 7) is 2.29. The first-order chi connectivity index (χ1) is 15.2. The van der Waals surface area contributed by atoms with Gasteiger partial charge in [0.25, 0.3) is 0 Å². The topological polar surface area (TPSA) is 317 Å². The smallest absolute Gasteiger partial charge is 0.320 e. The number of hydrogen-bond acceptors (Lipinski definition) is 10. The van der Waals surface area contributed by atoms with Crippen molar-refractivity contribution in [3.8, 4) is 0 Å². The van der Waals surface area contributed by atoms with Gasteiger partial charge in [0.05, 0.1) is 6.42 Å². The molecule has 0 spiro atoms. The molecule has 0 amide bonds. The third kappa shape index (κ3) is 36.8. The van der Waals surface area contributed by atoms with Gasteiger partial charge in [-0.25, -0.2) is 0 Å². The van der Waals surface area contributed by atoms with Crippen LogP contribution in [0.2, 0.25) is 0 Å². The number of aliphatic carboxylic acids is 5. The second-order valence-electron chi connectivity index (χ2n) is 6.39.